The van der Waals surface area contributed by atoms with Gasteiger partial charge in [-0.15, -0.1) is 0 Å². The number of aryl methyl sites for hydroxylation is 1. The Bertz CT molecular complexity index is 576. The molecule has 2 aromatic rings. The fourth-order valence-electron chi connectivity index (χ4n) is 2.03. The summed E-state index contributed by atoms with van der Waals surface area (Å²) in [5, 5.41) is 0.325. The van der Waals surface area contributed by atoms with Crippen molar-refractivity contribution in [2.45, 2.75) is 19.3 Å². The van der Waals surface area contributed by atoms with Gasteiger partial charge in [-0.3, -0.25) is 4.79 Å². The number of halogens is 2. The van der Waals surface area contributed by atoms with Crippen LogP contribution in [0.5, 0.6) is 0 Å². The number of hydrogen-bond acceptors (Lipinski definition) is 1. The maximum atomic E-state index is 11.7. The average Bonchev–Trinajstić information content (AvgIpc) is 2.37. The number of rotatable bonds is 4. The molecule has 0 radical (unpaired) electrons. The van der Waals surface area contributed by atoms with Crippen molar-refractivity contribution in [3.8, 4) is 0 Å². The Morgan fingerprint density at radius 1 is 1.16 bits per heavy atom. The molecule has 1 nitrogen and oxygen atoms in total. The Labute approximate surface area is 123 Å². The number of carbonyl (C=O) groups is 1. The van der Waals surface area contributed by atoms with E-state index in [0.29, 0.717) is 11.4 Å². The molecule has 3 heteroatoms. The van der Waals surface area contributed by atoms with Crippen molar-refractivity contribution in [1.29, 1.82) is 0 Å². The van der Waals surface area contributed by atoms with Gasteiger partial charge in [0.2, 0.25) is 5.24 Å². The van der Waals surface area contributed by atoms with Crippen LogP contribution < -0.4 is 0 Å². The molecular weight excluding hydrogens is 279 g/mol. The predicted octanol–water partition coefficient (Wildman–Crippen LogP) is 4.74. The standard InChI is InChI=1S/C16H14Cl2O/c1-11-5-7-13(8-6-11)15(16(18)19)10-12-3-2-4-14(17)9-12/h2-9,15H,10H2,1H3. The number of carbonyl (C=O) groups excluding carboxylic acids is 1. The third-order valence-corrected chi connectivity index (χ3v) is 3.58. The van der Waals surface area contributed by atoms with Crippen LogP contribution in [-0.4, -0.2) is 5.24 Å². The highest BCUT2D eigenvalue weighted by Crippen LogP contribution is 2.25. The second kappa shape index (κ2) is 6.23. The van der Waals surface area contributed by atoms with Crippen molar-refractivity contribution in [1.82, 2.24) is 0 Å². The highest BCUT2D eigenvalue weighted by atomic mass is 35.5. The molecule has 0 spiro atoms. The van der Waals surface area contributed by atoms with E-state index in [-0.39, 0.29) is 11.2 Å². The van der Waals surface area contributed by atoms with Crippen LogP contribution in [0.2, 0.25) is 5.02 Å². The molecule has 0 saturated heterocycles. The van der Waals surface area contributed by atoms with Crippen LogP contribution in [0.1, 0.15) is 22.6 Å². The number of hydrogen-bond donors (Lipinski definition) is 0. The molecule has 0 saturated carbocycles. The van der Waals surface area contributed by atoms with Crippen LogP contribution in [0.25, 0.3) is 0 Å². The lowest BCUT2D eigenvalue weighted by Crippen LogP contribution is -2.10. The smallest absolute Gasteiger partial charge is 0.229 e. The van der Waals surface area contributed by atoms with Crippen LogP contribution in [0.4, 0.5) is 0 Å². The summed E-state index contributed by atoms with van der Waals surface area (Å²) in [6.45, 7) is 2.01. The molecule has 0 aliphatic rings. The third-order valence-electron chi connectivity index (χ3n) is 3.08. The zero-order chi connectivity index (χ0) is 13.8. The molecule has 2 rings (SSSR count). The molecule has 1 unspecified atom stereocenters. The summed E-state index contributed by atoms with van der Waals surface area (Å²) in [6, 6.07) is 15.4. The molecular formula is C16H14Cl2O. The zero-order valence-corrected chi connectivity index (χ0v) is 12.1. The fourth-order valence-corrected chi connectivity index (χ4v) is 2.44. The third kappa shape index (κ3) is 3.82. The lowest BCUT2D eigenvalue weighted by molar-refractivity contribution is -0.113. The highest BCUT2D eigenvalue weighted by Gasteiger charge is 2.19. The van der Waals surface area contributed by atoms with Gasteiger partial charge < -0.3 is 0 Å². The van der Waals surface area contributed by atoms with Crippen LogP contribution in [0.3, 0.4) is 0 Å². The van der Waals surface area contributed by atoms with Gasteiger partial charge in [-0.25, -0.2) is 0 Å². The summed E-state index contributed by atoms with van der Waals surface area (Å²) < 4.78 is 0. The molecule has 98 valence electrons. The molecule has 0 amide bonds. The Balaban J connectivity index is 2.26. The second-order valence-corrected chi connectivity index (χ2v) is 5.41. The largest absolute Gasteiger partial charge is 0.281 e. The molecule has 2 aromatic carbocycles. The van der Waals surface area contributed by atoms with Gasteiger partial charge in [0.25, 0.3) is 0 Å². The summed E-state index contributed by atoms with van der Waals surface area (Å²) in [7, 11) is 0. The molecule has 0 aliphatic heterocycles. The molecule has 0 N–H and O–H groups in total. The van der Waals surface area contributed by atoms with Gasteiger partial charge in [0.1, 0.15) is 0 Å². The SMILES string of the molecule is Cc1ccc(C(Cc2cccc(Cl)c2)C(=O)Cl)cc1. The van der Waals surface area contributed by atoms with Crippen molar-refractivity contribution in [2.24, 2.45) is 0 Å². The van der Waals surface area contributed by atoms with Crippen molar-refractivity contribution < 1.29 is 4.79 Å². The summed E-state index contributed by atoms with van der Waals surface area (Å²) in [5.41, 5.74) is 3.10. The summed E-state index contributed by atoms with van der Waals surface area (Å²) in [5.74, 6) is -0.333. The lowest BCUT2D eigenvalue weighted by atomic mass is 9.92. The molecule has 1 atom stereocenters. The number of benzene rings is 2. The van der Waals surface area contributed by atoms with Crippen molar-refractivity contribution in [2.75, 3.05) is 0 Å². The van der Waals surface area contributed by atoms with Crippen molar-refractivity contribution in [3.63, 3.8) is 0 Å². The molecule has 0 aliphatic carbocycles. The second-order valence-electron chi connectivity index (χ2n) is 4.60. The molecule has 0 heterocycles. The predicted molar refractivity (Wildman–Crippen MR) is 79.9 cm³/mol. The summed E-state index contributed by atoms with van der Waals surface area (Å²) in [4.78, 5) is 11.7. The van der Waals surface area contributed by atoms with Gasteiger partial charge in [-0.2, -0.15) is 0 Å². The molecule has 19 heavy (non-hydrogen) atoms. The summed E-state index contributed by atoms with van der Waals surface area (Å²) >= 11 is 11.7. The van der Waals surface area contributed by atoms with E-state index in [9.17, 15) is 4.79 Å². The maximum absolute atomic E-state index is 11.7. The molecule has 0 fully saturated rings. The topological polar surface area (TPSA) is 17.1 Å². The minimum atomic E-state index is -0.344. The first-order chi connectivity index (χ1) is 9.06. The van der Waals surface area contributed by atoms with E-state index in [1.54, 1.807) is 0 Å². The lowest BCUT2D eigenvalue weighted by Gasteiger charge is -2.13. The first kappa shape index (κ1) is 14.1. The Morgan fingerprint density at radius 3 is 2.42 bits per heavy atom. The van der Waals surface area contributed by atoms with Crippen LogP contribution >= 0.6 is 23.2 Å². The minimum Gasteiger partial charge on any atom is -0.281 e. The maximum Gasteiger partial charge on any atom is 0.229 e. The van der Waals surface area contributed by atoms with Gasteiger partial charge in [0.05, 0.1) is 5.92 Å². The van der Waals surface area contributed by atoms with E-state index in [4.69, 9.17) is 23.2 Å². The first-order valence-corrected chi connectivity index (χ1v) is 6.82. The fraction of sp³-hybridized carbons (Fsp3) is 0.188. The van der Waals surface area contributed by atoms with Gasteiger partial charge >= 0.3 is 0 Å². The van der Waals surface area contributed by atoms with Gasteiger partial charge in [0, 0.05) is 5.02 Å². The van der Waals surface area contributed by atoms with E-state index >= 15 is 0 Å². The van der Waals surface area contributed by atoms with Crippen molar-refractivity contribution >= 4 is 28.4 Å². The quantitative estimate of drug-likeness (QED) is 0.744. The monoisotopic (exact) mass is 292 g/mol. The normalized spacial score (nSPS) is 12.2. The van der Waals surface area contributed by atoms with E-state index < -0.39 is 0 Å². The van der Waals surface area contributed by atoms with E-state index in [1.165, 1.54) is 0 Å². The van der Waals surface area contributed by atoms with E-state index in [1.807, 2.05) is 55.5 Å². The summed E-state index contributed by atoms with van der Waals surface area (Å²) in [6.07, 6.45) is 0.561. The highest BCUT2D eigenvalue weighted by molar-refractivity contribution is 6.64. The van der Waals surface area contributed by atoms with Crippen LogP contribution in [-0.2, 0) is 11.2 Å². The zero-order valence-electron chi connectivity index (χ0n) is 10.6. The van der Waals surface area contributed by atoms with Gasteiger partial charge in [-0.05, 0) is 48.2 Å². The van der Waals surface area contributed by atoms with Gasteiger partial charge in [-0.1, -0.05) is 53.6 Å². The van der Waals surface area contributed by atoms with E-state index in [0.717, 1.165) is 16.7 Å². The van der Waals surface area contributed by atoms with Crippen molar-refractivity contribution in [3.05, 3.63) is 70.2 Å². The van der Waals surface area contributed by atoms with Crippen LogP contribution in [0.15, 0.2) is 48.5 Å². The minimum absolute atomic E-state index is 0.333. The van der Waals surface area contributed by atoms with Gasteiger partial charge in [0.15, 0.2) is 0 Å². The average molecular weight is 293 g/mol. The Morgan fingerprint density at radius 2 is 1.84 bits per heavy atom. The Kier molecular flexibility index (Phi) is 4.62. The van der Waals surface area contributed by atoms with Crippen LogP contribution in [0, 0.1) is 6.92 Å². The Hall–Kier alpha value is -1.31. The van der Waals surface area contributed by atoms with E-state index in [2.05, 4.69) is 0 Å². The molecule has 0 aromatic heterocycles. The molecule has 0 bridgehead atoms. The first-order valence-electron chi connectivity index (χ1n) is 6.06.